The largest absolute Gasteiger partial charge is 0.477 e. The number of carboxylic acids is 1. The number of halogens is 1. The van der Waals surface area contributed by atoms with Gasteiger partial charge in [0.05, 0.1) is 5.69 Å². The number of aromatic amines is 1. The molecule has 7 heteroatoms. The van der Waals surface area contributed by atoms with Gasteiger partial charge in [0.1, 0.15) is 5.69 Å². The standard InChI is InChI=1S/C11H7ClN2O4/c12-6-2-1-3-7(4-6)14-9(15)5-8(10(16)17)13-11(14)18/h1-5H,(H,13,18)(H,16,17). The summed E-state index contributed by atoms with van der Waals surface area (Å²) in [5.74, 6) is -1.37. The number of benzene rings is 1. The molecule has 6 nitrogen and oxygen atoms in total. The third-order valence-electron chi connectivity index (χ3n) is 2.23. The SMILES string of the molecule is O=C(O)c1cc(=O)n(-c2cccc(Cl)c2)c(=O)[nH]1. The Balaban J connectivity index is 2.71. The summed E-state index contributed by atoms with van der Waals surface area (Å²) in [6.07, 6.45) is 0. The van der Waals surface area contributed by atoms with Crippen LogP contribution in [-0.4, -0.2) is 20.6 Å². The van der Waals surface area contributed by atoms with E-state index >= 15 is 0 Å². The Morgan fingerprint density at radius 1 is 1.28 bits per heavy atom. The monoisotopic (exact) mass is 266 g/mol. The minimum atomic E-state index is -1.37. The van der Waals surface area contributed by atoms with Gasteiger partial charge in [-0.2, -0.15) is 0 Å². The first-order valence-corrected chi connectivity index (χ1v) is 5.22. The van der Waals surface area contributed by atoms with Crippen molar-refractivity contribution in [2.24, 2.45) is 0 Å². The van der Waals surface area contributed by atoms with Crippen LogP contribution >= 0.6 is 11.6 Å². The summed E-state index contributed by atoms with van der Waals surface area (Å²) in [7, 11) is 0. The molecule has 0 amide bonds. The number of carbonyl (C=O) groups is 1. The van der Waals surface area contributed by atoms with Crippen molar-refractivity contribution < 1.29 is 9.90 Å². The smallest absolute Gasteiger partial charge is 0.352 e. The van der Waals surface area contributed by atoms with Gasteiger partial charge in [-0.3, -0.25) is 4.79 Å². The number of aromatic carboxylic acids is 1. The highest BCUT2D eigenvalue weighted by Crippen LogP contribution is 2.11. The highest BCUT2D eigenvalue weighted by atomic mass is 35.5. The molecule has 0 aliphatic heterocycles. The Hall–Kier alpha value is -2.34. The molecular weight excluding hydrogens is 260 g/mol. The quantitative estimate of drug-likeness (QED) is 0.844. The van der Waals surface area contributed by atoms with Crippen LogP contribution in [0.5, 0.6) is 0 Å². The molecule has 2 N–H and O–H groups in total. The van der Waals surface area contributed by atoms with Crippen molar-refractivity contribution in [2.75, 3.05) is 0 Å². The molecule has 0 aliphatic rings. The summed E-state index contributed by atoms with van der Waals surface area (Å²) in [6.45, 7) is 0. The van der Waals surface area contributed by atoms with Gasteiger partial charge >= 0.3 is 11.7 Å². The van der Waals surface area contributed by atoms with Crippen molar-refractivity contribution in [1.82, 2.24) is 9.55 Å². The van der Waals surface area contributed by atoms with Crippen molar-refractivity contribution in [3.8, 4) is 5.69 Å². The number of carboxylic acid groups (broad SMARTS) is 1. The lowest BCUT2D eigenvalue weighted by atomic mass is 10.3. The van der Waals surface area contributed by atoms with Gasteiger partial charge in [0.2, 0.25) is 0 Å². The first kappa shape index (κ1) is 12.1. The lowest BCUT2D eigenvalue weighted by Crippen LogP contribution is -2.34. The van der Waals surface area contributed by atoms with Gasteiger partial charge in [0.15, 0.2) is 0 Å². The van der Waals surface area contributed by atoms with Crippen molar-refractivity contribution >= 4 is 17.6 Å². The van der Waals surface area contributed by atoms with Gasteiger partial charge in [-0.05, 0) is 18.2 Å². The number of hydrogen-bond donors (Lipinski definition) is 2. The molecule has 0 atom stereocenters. The van der Waals surface area contributed by atoms with Gasteiger partial charge in [0.25, 0.3) is 5.56 Å². The van der Waals surface area contributed by atoms with Gasteiger partial charge in [-0.25, -0.2) is 14.2 Å². The number of rotatable bonds is 2. The number of aromatic nitrogens is 2. The molecule has 0 aliphatic carbocycles. The molecule has 2 rings (SSSR count). The number of nitrogens with zero attached hydrogens (tertiary/aromatic N) is 1. The summed E-state index contributed by atoms with van der Waals surface area (Å²) in [5, 5.41) is 9.06. The molecule has 92 valence electrons. The molecule has 1 aromatic carbocycles. The summed E-state index contributed by atoms with van der Waals surface area (Å²) in [6, 6.07) is 6.96. The Labute approximate surface area is 105 Å². The van der Waals surface area contributed by atoms with E-state index in [1.807, 2.05) is 0 Å². The van der Waals surface area contributed by atoms with Crippen LogP contribution in [0.4, 0.5) is 0 Å². The van der Waals surface area contributed by atoms with E-state index in [-0.39, 0.29) is 5.69 Å². The van der Waals surface area contributed by atoms with Crippen molar-refractivity contribution in [3.05, 3.63) is 61.9 Å². The highest BCUT2D eigenvalue weighted by molar-refractivity contribution is 6.30. The van der Waals surface area contributed by atoms with E-state index < -0.39 is 22.9 Å². The minimum absolute atomic E-state index is 0.269. The summed E-state index contributed by atoms with van der Waals surface area (Å²) < 4.78 is 0.804. The molecule has 1 aromatic heterocycles. The van der Waals surface area contributed by atoms with Crippen LogP contribution in [0.2, 0.25) is 5.02 Å². The van der Waals surface area contributed by atoms with E-state index in [0.29, 0.717) is 5.02 Å². The second-order valence-corrected chi connectivity index (χ2v) is 3.88. The van der Waals surface area contributed by atoms with E-state index in [0.717, 1.165) is 10.6 Å². The molecule has 0 radical (unpaired) electrons. The molecule has 0 unspecified atom stereocenters. The fourth-order valence-corrected chi connectivity index (χ4v) is 1.65. The van der Waals surface area contributed by atoms with E-state index in [9.17, 15) is 14.4 Å². The van der Waals surface area contributed by atoms with Crippen LogP contribution in [-0.2, 0) is 0 Å². The number of hydrogen-bond acceptors (Lipinski definition) is 3. The highest BCUT2D eigenvalue weighted by Gasteiger charge is 2.10. The molecule has 0 spiro atoms. The van der Waals surface area contributed by atoms with Crippen LogP contribution in [0.15, 0.2) is 39.9 Å². The topological polar surface area (TPSA) is 92.2 Å². The maximum atomic E-state index is 11.7. The second kappa shape index (κ2) is 4.50. The lowest BCUT2D eigenvalue weighted by molar-refractivity contribution is 0.0689. The maximum Gasteiger partial charge on any atom is 0.352 e. The molecule has 18 heavy (non-hydrogen) atoms. The molecule has 0 bridgehead atoms. The zero-order valence-electron chi connectivity index (χ0n) is 8.88. The summed E-state index contributed by atoms with van der Waals surface area (Å²) in [5.41, 5.74) is -1.76. The Morgan fingerprint density at radius 2 is 2.00 bits per heavy atom. The predicted molar refractivity (Wildman–Crippen MR) is 64.6 cm³/mol. The number of nitrogens with one attached hydrogen (secondary N) is 1. The fourth-order valence-electron chi connectivity index (χ4n) is 1.47. The van der Waals surface area contributed by atoms with E-state index in [2.05, 4.69) is 4.98 Å². The third kappa shape index (κ3) is 2.18. The normalized spacial score (nSPS) is 10.3. The molecule has 0 saturated heterocycles. The van der Waals surface area contributed by atoms with Crippen molar-refractivity contribution in [3.63, 3.8) is 0 Å². The second-order valence-electron chi connectivity index (χ2n) is 3.45. The molecule has 0 saturated carbocycles. The Bertz CT molecular complexity index is 701. The first-order valence-electron chi connectivity index (χ1n) is 4.84. The fraction of sp³-hybridized carbons (Fsp3) is 0. The Morgan fingerprint density at radius 3 is 2.56 bits per heavy atom. The van der Waals surface area contributed by atoms with Gasteiger partial charge < -0.3 is 10.1 Å². The van der Waals surface area contributed by atoms with Crippen molar-refractivity contribution in [1.29, 1.82) is 0 Å². The predicted octanol–water partition coefficient (Wildman–Crippen LogP) is 0.877. The van der Waals surface area contributed by atoms with Gasteiger partial charge in [-0.15, -0.1) is 0 Å². The number of H-pyrrole nitrogens is 1. The molecule has 0 fully saturated rings. The lowest BCUT2D eigenvalue weighted by Gasteiger charge is -2.04. The van der Waals surface area contributed by atoms with E-state index in [1.165, 1.54) is 12.1 Å². The van der Waals surface area contributed by atoms with Crippen LogP contribution in [0.3, 0.4) is 0 Å². The van der Waals surface area contributed by atoms with Gasteiger partial charge in [0, 0.05) is 11.1 Å². The molecule has 1 heterocycles. The van der Waals surface area contributed by atoms with Crippen LogP contribution in [0.1, 0.15) is 10.5 Å². The van der Waals surface area contributed by atoms with Gasteiger partial charge in [-0.1, -0.05) is 17.7 Å². The van der Waals surface area contributed by atoms with E-state index in [1.54, 1.807) is 12.1 Å². The summed E-state index contributed by atoms with van der Waals surface area (Å²) >= 11 is 5.76. The Kier molecular flexibility index (Phi) is 3.03. The van der Waals surface area contributed by atoms with Crippen LogP contribution < -0.4 is 11.2 Å². The summed E-state index contributed by atoms with van der Waals surface area (Å²) in [4.78, 5) is 36.2. The van der Waals surface area contributed by atoms with Crippen LogP contribution in [0.25, 0.3) is 5.69 Å². The zero-order chi connectivity index (χ0) is 13.3. The van der Waals surface area contributed by atoms with Crippen LogP contribution in [0, 0.1) is 0 Å². The maximum absolute atomic E-state index is 11.7. The third-order valence-corrected chi connectivity index (χ3v) is 2.46. The average Bonchev–Trinajstić information content (AvgIpc) is 2.27. The molecule has 2 aromatic rings. The molecular formula is C11H7ClN2O4. The average molecular weight is 267 g/mol. The van der Waals surface area contributed by atoms with E-state index in [4.69, 9.17) is 16.7 Å². The zero-order valence-corrected chi connectivity index (χ0v) is 9.64. The minimum Gasteiger partial charge on any atom is -0.477 e. The van der Waals surface area contributed by atoms with Crippen molar-refractivity contribution in [2.45, 2.75) is 0 Å². The first-order chi connectivity index (χ1) is 8.49.